The van der Waals surface area contributed by atoms with Crippen LogP contribution in [-0.2, 0) is 11.2 Å². The largest absolute Gasteiger partial charge is 0.309 e. The van der Waals surface area contributed by atoms with Crippen LogP contribution in [-0.4, -0.2) is 15.9 Å². The summed E-state index contributed by atoms with van der Waals surface area (Å²) in [5.74, 6) is 0.461. The van der Waals surface area contributed by atoms with E-state index in [-0.39, 0.29) is 5.91 Å². The quantitative estimate of drug-likeness (QED) is 0.917. The van der Waals surface area contributed by atoms with Crippen LogP contribution < -0.4 is 5.32 Å². The van der Waals surface area contributed by atoms with Crippen molar-refractivity contribution in [3.05, 3.63) is 39.4 Å². The van der Waals surface area contributed by atoms with Gasteiger partial charge in [0.25, 0.3) is 0 Å². The van der Waals surface area contributed by atoms with Crippen LogP contribution in [0.5, 0.6) is 0 Å². The lowest BCUT2D eigenvalue weighted by Crippen LogP contribution is -2.12. The third-order valence-electron chi connectivity index (χ3n) is 2.29. The molecule has 0 radical (unpaired) electrons. The average molecular weight is 326 g/mol. The summed E-state index contributed by atoms with van der Waals surface area (Å²) in [6.07, 6.45) is 5.37. The zero-order valence-electron chi connectivity index (χ0n) is 9.60. The molecule has 2 aromatic rings. The minimum Gasteiger partial charge on any atom is -0.309 e. The molecule has 94 valence electrons. The van der Waals surface area contributed by atoms with Crippen molar-refractivity contribution >= 4 is 39.0 Å². The molecule has 0 aromatic carbocycles. The average Bonchev–Trinajstić information content (AvgIpc) is 2.85. The Bertz CT molecular complexity index is 499. The van der Waals surface area contributed by atoms with Gasteiger partial charge in [0, 0.05) is 11.3 Å². The number of amides is 1. The highest BCUT2D eigenvalue weighted by molar-refractivity contribution is 9.10. The summed E-state index contributed by atoms with van der Waals surface area (Å²) in [7, 11) is 0. The number of nitrogens with one attached hydrogen (secondary N) is 1. The highest BCUT2D eigenvalue weighted by atomic mass is 79.9. The van der Waals surface area contributed by atoms with Gasteiger partial charge in [0.1, 0.15) is 4.60 Å². The predicted octanol–water partition coefficient (Wildman–Crippen LogP) is 3.26. The summed E-state index contributed by atoms with van der Waals surface area (Å²) in [4.78, 5) is 21.0. The van der Waals surface area contributed by atoms with E-state index in [1.807, 2.05) is 11.4 Å². The number of thiophene rings is 1. The maximum Gasteiger partial charge on any atom is 0.225 e. The summed E-state index contributed by atoms with van der Waals surface area (Å²) in [6, 6.07) is 4.11. The normalized spacial score (nSPS) is 10.3. The molecule has 0 bridgehead atoms. The fourth-order valence-electron chi connectivity index (χ4n) is 1.46. The molecule has 0 aliphatic carbocycles. The van der Waals surface area contributed by atoms with Gasteiger partial charge in [-0.3, -0.25) is 4.79 Å². The van der Waals surface area contributed by atoms with E-state index >= 15 is 0 Å². The van der Waals surface area contributed by atoms with Gasteiger partial charge < -0.3 is 5.32 Å². The SMILES string of the molecule is O=C(CCCc1cccs1)Nc1cnc(Br)cn1. The van der Waals surface area contributed by atoms with Gasteiger partial charge in [0.15, 0.2) is 5.82 Å². The summed E-state index contributed by atoms with van der Waals surface area (Å²) in [6.45, 7) is 0. The summed E-state index contributed by atoms with van der Waals surface area (Å²) in [5.41, 5.74) is 0. The first-order valence-electron chi connectivity index (χ1n) is 5.54. The summed E-state index contributed by atoms with van der Waals surface area (Å²) in [5, 5.41) is 4.77. The molecule has 18 heavy (non-hydrogen) atoms. The van der Waals surface area contributed by atoms with Crippen LogP contribution in [0.4, 0.5) is 5.82 Å². The summed E-state index contributed by atoms with van der Waals surface area (Å²) < 4.78 is 0.651. The molecule has 2 aromatic heterocycles. The van der Waals surface area contributed by atoms with E-state index in [9.17, 15) is 4.79 Å². The van der Waals surface area contributed by atoms with E-state index in [2.05, 4.69) is 37.3 Å². The Kier molecular flexibility index (Phi) is 4.83. The van der Waals surface area contributed by atoms with Crippen LogP contribution in [0.15, 0.2) is 34.5 Å². The molecule has 2 heterocycles. The highest BCUT2D eigenvalue weighted by Gasteiger charge is 2.04. The second-order valence-corrected chi connectivity index (χ2v) is 5.55. The minimum absolute atomic E-state index is 0.0248. The summed E-state index contributed by atoms with van der Waals surface area (Å²) >= 11 is 4.91. The molecule has 2 rings (SSSR count). The Morgan fingerprint density at radius 1 is 1.39 bits per heavy atom. The Morgan fingerprint density at radius 3 is 2.94 bits per heavy atom. The van der Waals surface area contributed by atoms with Crippen LogP contribution in [0.25, 0.3) is 0 Å². The number of rotatable bonds is 5. The molecule has 1 N–H and O–H groups in total. The van der Waals surface area contributed by atoms with Crippen LogP contribution >= 0.6 is 27.3 Å². The monoisotopic (exact) mass is 325 g/mol. The third-order valence-corrected chi connectivity index (χ3v) is 3.64. The smallest absolute Gasteiger partial charge is 0.225 e. The molecular formula is C12H12BrN3OS. The third kappa shape index (κ3) is 4.19. The number of hydrogen-bond acceptors (Lipinski definition) is 4. The molecule has 6 heteroatoms. The Hall–Kier alpha value is -1.27. The number of carbonyl (C=O) groups excluding carboxylic acids is 1. The molecule has 0 aliphatic rings. The van der Waals surface area contributed by atoms with Gasteiger partial charge in [-0.15, -0.1) is 11.3 Å². The highest BCUT2D eigenvalue weighted by Crippen LogP contribution is 2.12. The standard InChI is InChI=1S/C12H12BrN3OS/c13-10-7-15-11(8-14-10)16-12(17)5-1-3-9-4-2-6-18-9/h2,4,6-8H,1,3,5H2,(H,15,16,17). The van der Waals surface area contributed by atoms with Crippen molar-refractivity contribution < 1.29 is 4.79 Å². The lowest BCUT2D eigenvalue weighted by atomic mass is 10.2. The lowest BCUT2D eigenvalue weighted by molar-refractivity contribution is -0.116. The number of aryl methyl sites for hydroxylation is 1. The molecule has 1 amide bonds. The first-order chi connectivity index (χ1) is 8.74. The van der Waals surface area contributed by atoms with Crippen molar-refractivity contribution in [3.8, 4) is 0 Å². The van der Waals surface area contributed by atoms with Crippen molar-refractivity contribution in [2.24, 2.45) is 0 Å². The molecular weight excluding hydrogens is 314 g/mol. The fourth-order valence-corrected chi connectivity index (χ4v) is 2.42. The van der Waals surface area contributed by atoms with Gasteiger partial charge in [-0.2, -0.15) is 0 Å². The van der Waals surface area contributed by atoms with Gasteiger partial charge >= 0.3 is 0 Å². The van der Waals surface area contributed by atoms with Crippen LogP contribution in [0.1, 0.15) is 17.7 Å². The van der Waals surface area contributed by atoms with E-state index in [0.717, 1.165) is 12.8 Å². The molecule has 0 saturated heterocycles. The molecule has 0 saturated carbocycles. The number of halogens is 1. The fraction of sp³-hybridized carbons (Fsp3) is 0.250. The van der Waals surface area contributed by atoms with Gasteiger partial charge in [-0.1, -0.05) is 6.07 Å². The molecule has 0 aliphatic heterocycles. The van der Waals surface area contributed by atoms with Crippen molar-refractivity contribution in [3.63, 3.8) is 0 Å². The van der Waals surface area contributed by atoms with Crippen molar-refractivity contribution in [2.75, 3.05) is 5.32 Å². The predicted molar refractivity (Wildman–Crippen MR) is 75.6 cm³/mol. The second kappa shape index (κ2) is 6.61. The second-order valence-electron chi connectivity index (χ2n) is 3.71. The Labute approximate surface area is 118 Å². The van der Waals surface area contributed by atoms with E-state index in [4.69, 9.17) is 0 Å². The van der Waals surface area contributed by atoms with Gasteiger partial charge in [-0.05, 0) is 40.2 Å². The first-order valence-corrected chi connectivity index (χ1v) is 7.21. The van der Waals surface area contributed by atoms with Crippen LogP contribution in [0, 0.1) is 0 Å². The van der Waals surface area contributed by atoms with Crippen molar-refractivity contribution in [1.29, 1.82) is 0 Å². The Morgan fingerprint density at radius 2 is 2.28 bits per heavy atom. The van der Waals surface area contributed by atoms with E-state index in [1.165, 1.54) is 11.1 Å². The number of anilines is 1. The van der Waals surface area contributed by atoms with Crippen molar-refractivity contribution in [2.45, 2.75) is 19.3 Å². The number of aromatic nitrogens is 2. The maximum absolute atomic E-state index is 11.6. The molecule has 0 fully saturated rings. The van der Waals surface area contributed by atoms with E-state index < -0.39 is 0 Å². The van der Waals surface area contributed by atoms with Gasteiger partial charge in [-0.25, -0.2) is 9.97 Å². The number of carbonyl (C=O) groups is 1. The number of nitrogens with zero attached hydrogens (tertiary/aromatic N) is 2. The molecule has 0 atom stereocenters. The van der Waals surface area contributed by atoms with Gasteiger partial charge in [0.2, 0.25) is 5.91 Å². The van der Waals surface area contributed by atoms with Crippen molar-refractivity contribution in [1.82, 2.24) is 9.97 Å². The zero-order chi connectivity index (χ0) is 12.8. The van der Waals surface area contributed by atoms with Crippen LogP contribution in [0.3, 0.4) is 0 Å². The first kappa shape index (κ1) is 13.2. The number of hydrogen-bond donors (Lipinski definition) is 1. The zero-order valence-corrected chi connectivity index (χ0v) is 12.0. The van der Waals surface area contributed by atoms with Gasteiger partial charge in [0.05, 0.1) is 12.4 Å². The molecule has 0 unspecified atom stereocenters. The molecule has 4 nitrogen and oxygen atoms in total. The lowest BCUT2D eigenvalue weighted by Gasteiger charge is -2.03. The molecule has 0 spiro atoms. The Balaban J connectivity index is 1.73. The maximum atomic E-state index is 11.6. The van der Waals surface area contributed by atoms with Crippen LogP contribution in [0.2, 0.25) is 0 Å². The van der Waals surface area contributed by atoms with E-state index in [1.54, 1.807) is 17.5 Å². The topological polar surface area (TPSA) is 54.9 Å². The van der Waals surface area contributed by atoms with E-state index in [0.29, 0.717) is 16.8 Å². The minimum atomic E-state index is -0.0248.